The van der Waals surface area contributed by atoms with Crippen LogP contribution in [0.3, 0.4) is 0 Å². The molecule has 8 heteroatoms. The van der Waals surface area contributed by atoms with Crippen LogP contribution in [0.2, 0.25) is 0 Å². The van der Waals surface area contributed by atoms with Crippen molar-refractivity contribution >= 4 is 17.6 Å². The highest BCUT2D eigenvalue weighted by Crippen LogP contribution is 2.25. The first-order valence-corrected chi connectivity index (χ1v) is 7.54. The first-order valence-electron chi connectivity index (χ1n) is 7.54. The maximum Gasteiger partial charge on any atom is 0.247 e. The number of hydrogen-bond acceptors (Lipinski definition) is 6. The normalized spacial score (nSPS) is 14.9. The number of aliphatic hydroxyl groups is 1. The fraction of sp³-hybridized carbons (Fsp3) is 0.600. The minimum absolute atomic E-state index is 0.295. The molecule has 1 aliphatic rings. The Hall–Kier alpha value is -2.22. The third-order valence-electron chi connectivity index (χ3n) is 3.75. The topological polar surface area (TPSA) is 98.7 Å². The van der Waals surface area contributed by atoms with Crippen molar-refractivity contribution in [3.63, 3.8) is 0 Å². The van der Waals surface area contributed by atoms with Crippen LogP contribution in [0.5, 0.6) is 0 Å². The number of anilines is 1. The predicted octanol–water partition coefficient (Wildman–Crippen LogP) is -0.767. The highest BCUT2D eigenvalue weighted by Gasteiger charge is 2.29. The number of carbonyl (C=O) groups is 2. The second-order valence-electron chi connectivity index (χ2n) is 5.86. The molecule has 1 aromatic heterocycles. The average Bonchev–Trinajstić information content (AvgIpc) is 2.50. The van der Waals surface area contributed by atoms with E-state index >= 15 is 0 Å². The lowest BCUT2D eigenvalue weighted by molar-refractivity contribution is -0.138. The van der Waals surface area contributed by atoms with Crippen molar-refractivity contribution in [2.45, 2.75) is 32.9 Å². The van der Waals surface area contributed by atoms with Gasteiger partial charge in [-0.05, 0) is 13.3 Å². The lowest BCUT2D eigenvalue weighted by Crippen LogP contribution is -2.51. The zero-order valence-electron chi connectivity index (χ0n) is 14.0. The zero-order valence-corrected chi connectivity index (χ0v) is 14.0. The van der Waals surface area contributed by atoms with Gasteiger partial charge in [0.15, 0.2) is 0 Å². The van der Waals surface area contributed by atoms with Crippen LogP contribution >= 0.6 is 0 Å². The van der Waals surface area contributed by atoms with E-state index in [0.717, 1.165) is 17.1 Å². The quantitative estimate of drug-likeness (QED) is 0.756. The molecule has 0 unspecified atom stereocenters. The fourth-order valence-corrected chi connectivity index (χ4v) is 2.74. The molecule has 23 heavy (non-hydrogen) atoms. The lowest BCUT2D eigenvalue weighted by Gasteiger charge is -2.32. The van der Waals surface area contributed by atoms with Crippen molar-refractivity contribution < 1.29 is 14.7 Å². The van der Waals surface area contributed by atoms with Crippen LogP contribution in [-0.2, 0) is 22.6 Å². The second kappa shape index (κ2) is 6.91. The third-order valence-corrected chi connectivity index (χ3v) is 3.75. The minimum atomic E-state index is -0.912. The molecule has 0 aliphatic carbocycles. The summed E-state index contributed by atoms with van der Waals surface area (Å²) in [5, 5.41) is 11.8. The van der Waals surface area contributed by atoms with E-state index in [0.29, 0.717) is 25.3 Å². The minimum Gasteiger partial charge on any atom is -0.394 e. The number of aromatic nitrogens is 2. The molecule has 0 saturated heterocycles. The number of rotatable bonds is 4. The van der Waals surface area contributed by atoms with E-state index < -0.39 is 12.6 Å². The Morgan fingerprint density at radius 3 is 2.65 bits per heavy atom. The molecule has 2 heterocycles. The average molecular weight is 321 g/mol. The van der Waals surface area contributed by atoms with E-state index in [9.17, 15) is 14.7 Å². The molecule has 1 aliphatic heterocycles. The smallest absolute Gasteiger partial charge is 0.247 e. The first-order chi connectivity index (χ1) is 10.8. The summed E-state index contributed by atoms with van der Waals surface area (Å²) in [5.41, 5.74) is 1.87. The van der Waals surface area contributed by atoms with Crippen LogP contribution < -0.4 is 10.2 Å². The summed E-state index contributed by atoms with van der Waals surface area (Å²) in [4.78, 5) is 36.1. The lowest BCUT2D eigenvalue weighted by atomic mass is 10.0. The Balaban J connectivity index is 2.23. The van der Waals surface area contributed by atoms with Gasteiger partial charge in [0.2, 0.25) is 11.8 Å². The van der Waals surface area contributed by atoms with Crippen molar-refractivity contribution in [2.75, 3.05) is 32.1 Å². The molecule has 0 aromatic carbocycles. The molecular formula is C15H23N5O3. The van der Waals surface area contributed by atoms with Gasteiger partial charge in [0, 0.05) is 33.1 Å². The van der Waals surface area contributed by atoms with Gasteiger partial charge in [-0.15, -0.1) is 0 Å². The van der Waals surface area contributed by atoms with Gasteiger partial charge in [0.25, 0.3) is 0 Å². The molecule has 1 aromatic rings. The number of carbonyl (C=O) groups excluding carboxylic acids is 2. The number of amides is 2. The Morgan fingerprint density at radius 2 is 2.09 bits per heavy atom. The van der Waals surface area contributed by atoms with Gasteiger partial charge >= 0.3 is 0 Å². The van der Waals surface area contributed by atoms with Crippen LogP contribution in [-0.4, -0.2) is 65.1 Å². The largest absolute Gasteiger partial charge is 0.394 e. The Bertz CT molecular complexity index is 617. The van der Waals surface area contributed by atoms with Gasteiger partial charge in [-0.25, -0.2) is 9.97 Å². The third kappa shape index (κ3) is 3.76. The summed E-state index contributed by atoms with van der Waals surface area (Å²) in [6.45, 7) is 3.58. The van der Waals surface area contributed by atoms with E-state index in [4.69, 9.17) is 0 Å². The molecule has 126 valence electrons. The highest BCUT2D eigenvalue weighted by molar-refractivity contribution is 5.87. The maximum atomic E-state index is 12.5. The van der Waals surface area contributed by atoms with Crippen LogP contribution in [0.25, 0.3) is 0 Å². The van der Waals surface area contributed by atoms with Gasteiger partial charge in [-0.3, -0.25) is 9.59 Å². The molecule has 0 bridgehead atoms. The number of nitrogens with one attached hydrogen (secondary N) is 1. The van der Waals surface area contributed by atoms with Gasteiger partial charge in [0.05, 0.1) is 18.8 Å². The van der Waals surface area contributed by atoms with Crippen molar-refractivity contribution in [1.82, 2.24) is 20.2 Å². The van der Waals surface area contributed by atoms with Crippen LogP contribution in [0, 0.1) is 6.92 Å². The molecule has 0 fully saturated rings. The van der Waals surface area contributed by atoms with E-state index in [-0.39, 0.29) is 11.8 Å². The summed E-state index contributed by atoms with van der Waals surface area (Å²) in [6, 6.07) is -0.912. The molecule has 0 radical (unpaired) electrons. The number of fused-ring (bicyclic) bond motifs is 1. The maximum absolute atomic E-state index is 12.5. The van der Waals surface area contributed by atoms with Gasteiger partial charge in [-0.1, -0.05) is 0 Å². The van der Waals surface area contributed by atoms with E-state index in [1.165, 1.54) is 6.92 Å². The van der Waals surface area contributed by atoms with Crippen molar-refractivity contribution in [3.8, 4) is 0 Å². The molecule has 1 atom stereocenters. The van der Waals surface area contributed by atoms with Crippen molar-refractivity contribution in [1.29, 1.82) is 0 Å². The molecule has 8 nitrogen and oxygen atoms in total. The van der Waals surface area contributed by atoms with Gasteiger partial charge in [-0.2, -0.15) is 0 Å². The monoisotopic (exact) mass is 321 g/mol. The summed E-state index contributed by atoms with van der Waals surface area (Å²) in [6.07, 6.45) is 0.646. The number of hydrogen-bond donors (Lipinski definition) is 2. The summed E-state index contributed by atoms with van der Waals surface area (Å²) < 4.78 is 0. The van der Waals surface area contributed by atoms with Crippen LogP contribution in [0.4, 0.5) is 5.82 Å². The first kappa shape index (κ1) is 17.1. The Labute approximate surface area is 135 Å². The second-order valence-corrected chi connectivity index (χ2v) is 5.86. The highest BCUT2D eigenvalue weighted by atomic mass is 16.3. The van der Waals surface area contributed by atoms with E-state index in [1.54, 1.807) is 4.90 Å². The standard InChI is InChI=1S/C15H23N5O3/c1-9-16-12-7-20(15(23)13(8-21)18-10(2)22)6-5-11(12)14(17-9)19(3)4/h13,21H,5-8H2,1-4H3,(H,18,22)/t13-/m0/s1. The molecule has 2 amide bonds. The van der Waals surface area contributed by atoms with E-state index in [1.807, 2.05) is 25.9 Å². The summed E-state index contributed by atoms with van der Waals surface area (Å²) >= 11 is 0. The molecular weight excluding hydrogens is 298 g/mol. The number of aryl methyl sites for hydroxylation is 1. The Kier molecular flexibility index (Phi) is 5.15. The molecule has 0 saturated carbocycles. The van der Waals surface area contributed by atoms with Crippen molar-refractivity contribution in [3.05, 3.63) is 17.1 Å². The fourth-order valence-electron chi connectivity index (χ4n) is 2.74. The number of nitrogens with zero attached hydrogens (tertiary/aromatic N) is 4. The van der Waals surface area contributed by atoms with Crippen LogP contribution in [0.15, 0.2) is 0 Å². The Morgan fingerprint density at radius 1 is 1.39 bits per heavy atom. The summed E-state index contributed by atoms with van der Waals surface area (Å²) in [7, 11) is 3.86. The predicted molar refractivity (Wildman–Crippen MR) is 84.9 cm³/mol. The van der Waals surface area contributed by atoms with Crippen LogP contribution in [0.1, 0.15) is 24.0 Å². The molecule has 2 rings (SSSR count). The zero-order chi connectivity index (χ0) is 17.1. The molecule has 0 spiro atoms. The SMILES string of the molecule is CC(=O)N[C@@H](CO)C(=O)N1CCc2c(nc(C)nc2N(C)C)C1. The molecule has 2 N–H and O–H groups in total. The van der Waals surface area contributed by atoms with Gasteiger partial charge < -0.3 is 20.2 Å². The summed E-state index contributed by atoms with van der Waals surface area (Å²) in [5.74, 6) is 0.890. The van der Waals surface area contributed by atoms with Crippen molar-refractivity contribution in [2.24, 2.45) is 0 Å². The van der Waals surface area contributed by atoms with E-state index in [2.05, 4.69) is 15.3 Å². The number of aliphatic hydroxyl groups excluding tert-OH is 1. The van der Waals surface area contributed by atoms with Gasteiger partial charge in [0.1, 0.15) is 17.7 Å².